The highest BCUT2D eigenvalue weighted by Gasteiger charge is 2.39. The zero-order valence-corrected chi connectivity index (χ0v) is 34.6. The number of carbonyl (C=O) groups excluding carboxylic acids is 7. The summed E-state index contributed by atoms with van der Waals surface area (Å²) in [6, 6.07) is -1.86. The minimum atomic E-state index is -0.834. The second-order valence-electron chi connectivity index (χ2n) is 15.5. The second kappa shape index (κ2) is 24.5. The van der Waals surface area contributed by atoms with Gasteiger partial charge in [0.2, 0.25) is 23.6 Å². The third-order valence-electron chi connectivity index (χ3n) is 9.70. The lowest BCUT2D eigenvalue weighted by Crippen LogP contribution is -2.59. The normalized spacial score (nSPS) is 15.7. The summed E-state index contributed by atoms with van der Waals surface area (Å²) in [5, 5.41) is 3.01. The van der Waals surface area contributed by atoms with Crippen LogP contribution in [0.2, 0.25) is 0 Å². The van der Waals surface area contributed by atoms with E-state index in [2.05, 4.69) is 16.2 Å². The summed E-state index contributed by atoms with van der Waals surface area (Å²) in [6.45, 7) is 16.5. The fourth-order valence-corrected chi connectivity index (χ4v) is 6.47. The Balaban J connectivity index is 2.72. The van der Waals surface area contributed by atoms with Gasteiger partial charge in [0.15, 0.2) is 0 Å². The molecule has 0 unspecified atom stereocenters. The Morgan fingerprint density at radius 3 is 1.89 bits per heavy atom. The van der Waals surface area contributed by atoms with Crippen LogP contribution < -0.4 is 16.2 Å². The van der Waals surface area contributed by atoms with E-state index >= 15 is 0 Å². The molecule has 5 atom stereocenters. The number of hydrazine groups is 1. The van der Waals surface area contributed by atoms with Crippen molar-refractivity contribution in [3.05, 3.63) is 12.2 Å². The van der Waals surface area contributed by atoms with Crippen molar-refractivity contribution in [1.82, 2.24) is 30.9 Å². The Morgan fingerprint density at radius 2 is 1.39 bits per heavy atom. The summed E-state index contributed by atoms with van der Waals surface area (Å²) in [4.78, 5) is 93.0. The number of nitrogens with one attached hydrogen (secondary N) is 3. The lowest BCUT2D eigenvalue weighted by molar-refractivity contribution is -0.152. The third-order valence-corrected chi connectivity index (χ3v) is 9.70. The molecule has 308 valence electrons. The number of amides is 6. The highest BCUT2D eigenvalue weighted by atomic mass is 16.5. The van der Waals surface area contributed by atoms with Gasteiger partial charge in [0.05, 0.1) is 31.2 Å². The number of rotatable bonds is 25. The van der Waals surface area contributed by atoms with Crippen LogP contribution in [0.15, 0.2) is 12.2 Å². The minimum absolute atomic E-state index is 0.00767. The molecule has 1 aliphatic heterocycles. The van der Waals surface area contributed by atoms with E-state index in [0.717, 1.165) is 11.3 Å². The van der Waals surface area contributed by atoms with E-state index in [1.54, 1.807) is 19.0 Å². The minimum Gasteiger partial charge on any atom is -0.465 e. The molecule has 0 aromatic carbocycles. The fraction of sp³-hybridized carbons (Fsp3) is 0.769. The van der Waals surface area contributed by atoms with Crippen molar-refractivity contribution in [3.8, 4) is 0 Å². The van der Waals surface area contributed by atoms with Gasteiger partial charge in [-0.15, -0.1) is 0 Å². The molecule has 0 aromatic rings. The van der Waals surface area contributed by atoms with Gasteiger partial charge >= 0.3 is 5.97 Å². The molecule has 0 bridgehead atoms. The van der Waals surface area contributed by atoms with E-state index in [-0.39, 0.29) is 78.4 Å². The highest BCUT2D eigenvalue weighted by Crippen LogP contribution is 2.24. The number of hydrogen-bond donors (Lipinski definition) is 3. The smallest absolute Gasteiger partial charge is 0.308 e. The number of imide groups is 1. The molecule has 15 nitrogen and oxygen atoms in total. The number of unbranched alkanes of at least 4 members (excludes halogenated alkanes) is 2. The van der Waals surface area contributed by atoms with Crippen molar-refractivity contribution in [2.75, 3.05) is 40.9 Å². The molecule has 0 saturated heterocycles. The van der Waals surface area contributed by atoms with E-state index in [1.807, 2.05) is 60.3 Å². The van der Waals surface area contributed by atoms with Gasteiger partial charge in [-0.2, -0.15) is 0 Å². The van der Waals surface area contributed by atoms with Crippen LogP contribution in [0.5, 0.6) is 0 Å². The maximum absolute atomic E-state index is 14.1. The number of carbonyl (C=O) groups is 7. The molecule has 0 spiro atoms. The predicted molar refractivity (Wildman–Crippen MR) is 205 cm³/mol. The van der Waals surface area contributed by atoms with Crippen molar-refractivity contribution in [2.45, 2.75) is 131 Å². The van der Waals surface area contributed by atoms with Crippen LogP contribution in [0.1, 0.15) is 107 Å². The van der Waals surface area contributed by atoms with E-state index in [4.69, 9.17) is 9.47 Å². The van der Waals surface area contributed by atoms with E-state index in [0.29, 0.717) is 45.4 Å². The number of hydrogen-bond acceptors (Lipinski definition) is 10. The Hall–Kier alpha value is -3.85. The maximum atomic E-state index is 14.1. The van der Waals surface area contributed by atoms with Gasteiger partial charge in [0.1, 0.15) is 6.04 Å². The number of likely N-dealkylation sites (N-methyl/N-ethyl adjacent to an activating group) is 2. The summed E-state index contributed by atoms with van der Waals surface area (Å²) >= 11 is 0. The molecule has 6 amide bonds. The van der Waals surface area contributed by atoms with E-state index in [1.165, 1.54) is 19.3 Å². The van der Waals surface area contributed by atoms with Crippen LogP contribution in [0.25, 0.3) is 0 Å². The predicted octanol–water partition coefficient (Wildman–Crippen LogP) is 2.97. The average molecular weight is 765 g/mol. The number of ether oxygens (including phenoxy) is 2. The van der Waals surface area contributed by atoms with Gasteiger partial charge in [-0.25, -0.2) is 0 Å². The van der Waals surface area contributed by atoms with Crippen molar-refractivity contribution in [3.63, 3.8) is 0 Å². The zero-order chi connectivity index (χ0) is 41.1. The van der Waals surface area contributed by atoms with Gasteiger partial charge in [0, 0.05) is 45.7 Å². The first-order valence-corrected chi connectivity index (χ1v) is 19.4. The molecule has 0 aliphatic carbocycles. The van der Waals surface area contributed by atoms with Crippen LogP contribution in [-0.2, 0) is 43.0 Å². The quantitative estimate of drug-likeness (QED) is 0.0541. The van der Waals surface area contributed by atoms with Gasteiger partial charge in [-0.3, -0.25) is 54.2 Å². The molecule has 0 radical (unpaired) electrons. The van der Waals surface area contributed by atoms with E-state index in [9.17, 15) is 33.6 Å². The first-order chi connectivity index (χ1) is 25.4. The lowest BCUT2D eigenvalue weighted by atomic mass is 9.90. The van der Waals surface area contributed by atoms with Crippen molar-refractivity contribution in [1.29, 1.82) is 0 Å². The molecule has 1 heterocycles. The highest BCUT2D eigenvalue weighted by molar-refractivity contribution is 6.12. The zero-order valence-electron chi connectivity index (χ0n) is 34.6. The van der Waals surface area contributed by atoms with Crippen LogP contribution in [0.3, 0.4) is 0 Å². The molecular weight excluding hydrogens is 696 g/mol. The topological polar surface area (TPSA) is 184 Å². The second-order valence-corrected chi connectivity index (χ2v) is 15.5. The fourth-order valence-electron chi connectivity index (χ4n) is 6.47. The molecule has 15 heteroatoms. The SMILES string of the molecule is CC[C@H](C)[C@@H]([C@@H](CC(=O)OCC(C)C)OC)N(C)C(=O)[C@@H](NC(=O)[C@H](C(C)C)N(C)CCCC(=O)NNC(=O)CCCCCN1C(=O)C=CC1=O)C(C)C. The summed E-state index contributed by atoms with van der Waals surface area (Å²) in [5.74, 6) is -2.51. The summed E-state index contributed by atoms with van der Waals surface area (Å²) in [6.07, 6.45) is 5.08. The average Bonchev–Trinajstić information content (AvgIpc) is 3.43. The monoisotopic (exact) mass is 765 g/mol. The van der Waals surface area contributed by atoms with Crippen molar-refractivity contribution < 1.29 is 43.0 Å². The standard InChI is InChI=1S/C39H68N6O9/c1-12-28(8)37(29(53-11)23-34(50)54-24-25(2)3)44(10)39(52)35(26(4)5)40-38(51)36(27(6)7)43(9)21-16-18-31(47)42-41-30(46)17-14-13-15-22-45-32(48)19-20-33(45)49/h19-20,25-29,35-37H,12-18,21-24H2,1-11H3,(H,40,51)(H,41,46)(H,42,47)/t28-,29+,35-,36-,37-/m0/s1. The Kier molecular flexibility index (Phi) is 21.9. The van der Waals surface area contributed by atoms with Gasteiger partial charge in [0.25, 0.3) is 11.8 Å². The van der Waals surface area contributed by atoms with E-state index < -0.39 is 30.2 Å². The molecule has 0 saturated carbocycles. The number of methoxy groups -OCH3 is 1. The molecule has 3 N–H and O–H groups in total. The molecule has 54 heavy (non-hydrogen) atoms. The van der Waals surface area contributed by atoms with Gasteiger partial charge < -0.3 is 19.7 Å². The summed E-state index contributed by atoms with van der Waals surface area (Å²) in [7, 11) is 5.01. The summed E-state index contributed by atoms with van der Waals surface area (Å²) in [5.41, 5.74) is 4.84. The summed E-state index contributed by atoms with van der Waals surface area (Å²) < 4.78 is 11.2. The molecule has 0 fully saturated rings. The molecule has 0 aromatic heterocycles. The number of nitrogens with zero attached hydrogens (tertiary/aromatic N) is 3. The molecule has 1 aliphatic rings. The Morgan fingerprint density at radius 1 is 0.815 bits per heavy atom. The first-order valence-electron chi connectivity index (χ1n) is 19.4. The Labute approximate surface area is 322 Å². The van der Waals surface area contributed by atoms with Crippen LogP contribution >= 0.6 is 0 Å². The molecular formula is C39H68N6O9. The lowest BCUT2D eigenvalue weighted by Gasteiger charge is -2.40. The maximum Gasteiger partial charge on any atom is 0.308 e. The molecule has 1 rings (SSSR count). The van der Waals surface area contributed by atoms with Gasteiger partial charge in [-0.1, -0.05) is 68.2 Å². The van der Waals surface area contributed by atoms with Crippen LogP contribution in [0.4, 0.5) is 0 Å². The largest absolute Gasteiger partial charge is 0.465 e. The van der Waals surface area contributed by atoms with Gasteiger partial charge in [-0.05, 0) is 56.5 Å². The first kappa shape index (κ1) is 48.2. The van der Waals surface area contributed by atoms with Crippen LogP contribution in [0, 0.1) is 23.7 Å². The van der Waals surface area contributed by atoms with Crippen LogP contribution in [-0.4, -0.2) is 121 Å². The third kappa shape index (κ3) is 16.3. The van der Waals surface area contributed by atoms with Crippen molar-refractivity contribution >= 4 is 41.4 Å². The Bertz CT molecular complexity index is 1270. The number of esters is 1. The van der Waals surface area contributed by atoms with Crippen molar-refractivity contribution in [2.24, 2.45) is 23.7 Å².